The molecular formula is C13H15ClN4. The van der Waals surface area contributed by atoms with Crippen molar-refractivity contribution in [2.75, 3.05) is 17.7 Å². The van der Waals surface area contributed by atoms with E-state index in [1.807, 2.05) is 43.1 Å². The number of halogens is 1. The van der Waals surface area contributed by atoms with Gasteiger partial charge in [-0.1, -0.05) is 23.7 Å². The zero-order chi connectivity index (χ0) is 13.1. The van der Waals surface area contributed by atoms with Crippen LogP contribution in [0.15, 0.2) is 30.5 Å². The van der Waals surface area contributed by atoms with Gasteiger partial charge in [-0.25, -0.2) is 4.98 Å². The number of rotatable bonds is 3. The maximum Gasteiger partial charge on any atom is 0.221 e. The molecule has 0 aliphatic heterocycles. The minimum absolute atomic E-state index is 0.286. The van der Waals surface area contributed by atoms with Gasteiger partial charge in [-0.2, -0.15) is 4.98 Å². The van der Waals surface area contributed by atoms with Crippen LogP contribution in [0.1, 0.15) is 11.1 Å². The standard InChI is InChI=1S/C13H15ClN4/c1-9-7-16-13(15)17-12(9)18(2)8-10-4-3-5-11(14)6-10/h3-7H,8H2,1-2H3,(H2,15,16,17). The third-order valence-electron chi connectivity index (χ3n) is 2.63. The lowest BCUT2D eigenvalue weighted by Gasteiger charge is -2.20. The van der Waals surface area contributed by atoms with E-state index in [9.17, 15) is 0 Å². The number of aryl methyl sites for hydroxylation is 1. The summed E-state index contributed by atoms with van der Waals surface area (Å²) < 4.78 is 0. The Bertz CT molecular complexity index is 556. The van der Waals surface area contributed by atoms with Crippen LogP contribution in [-0.2, 0) is 6.54 Å². The molecule has 94 valence electrons. The molecule has 0 bridgehead atoms. The Kier molecular flexibility index (Phi) is 3.67. The Labute approximate surface area is 111 Å². The molecule has 1 aromatic carbocycles. The van der Waals surface area contributed by atoms with Crippen LogP contribution in [0.4, 0.5) is 11.8 Å². The second-order valence-electron chi connectivity index (χ2n) is 4.22. The van der Waals surface area contributed by atoms with Crippen molar-refractivity contribution in [3.8, 4) is 0 Å². The molecule has 1 aromatic heterocycles. The van der Waals surface area contributed by atoms with E-state index in [1.165, 1.54) is 0 Å². The van der Waals surface area contributed by atoms with E-state index in [-0.39, 0.29) is 5.95 Å². The molecule has 2 aromatic rings. The quantitative estimate of drug-likeness (QED) is 0.924. The summed E-state index contributed by atoms with van der Waals surface area (Å²) in [4.78, 5) is 10.2. The minimum atomic E-state index is 0.286. The number of aromatic nitrogens is 2. The summed E-state index contributed by atoms with van der Waals surface area (Å²) in [6.45, 7) is 2.68. The molecule has 0 saturated heterocycles. The lowest BCUT2D eigenvalue weighted by molar-refractivity contribution is 0.885. The first kappa shape index (κ1) is 12.6. The van der Waals surface area contributed by atoms with Crippen molar-refractivity contribution in [1.29, 1.82) is 0 Å². The molecular weight excluding hydrogens is 248 g/mol. The summed E-state index contributed by atoms with van der Waals surface area (Å²) in [5, 5.41) is 0.736. The lowest BCUT2D eigenvalue weighted by atomic mass is 10.2. The molecule has 0 aliphatic rings. The van der Waals surface area contributed by atoms with E-state index in [0.29, 0.717) is 0 Å². The molecule has 0 saturated carbocycles. The maximum absolute atomic E-state index is 5.97. The Morgan fingerprint density at radius 2 is 2.17 bits per heavy atom. The smallest absolute Gasteiger partial charge is 0.221 e. The molecule has 5 heteroatoms. The zero-order valence-corrected chi connectivity index (χ0v) is 11.1. The second-order valence-corrected chi connectivity index (χ2v) is 4.66. The molecule has 1 heterocycles. The van der Waals surface area contributed by atoms with Crippen LogP contribution in [-0.4, -0.2) is 17.0 Å². The summed E-state index contributed by atoms with van der Waals surface area (Å²) in [6, 6.07) is 7.77. The zero-order valence-electron chi connectivity index (χ0n) is 10.4. The van der Waals surface area contributed by atoms with E-state index >= 15 is 0 Å². The highest BCUT2D eigenvalue weighted by Crippen LogP contribution is 2.19. The van der Waals surface area contributed by atoms with Gasteiger partial charge in [-0.15, -0.1) is 0 Å². The molecule has 0 unspecified atom stereocenters. The molecule has 2 N–H and O–H groups in total. The Morgan fingerprint density at radius 1 is 1.39 bits per heavy atom. The van der Waals surface area contributed by atoms with Gasteiger partial charge >= 0.3 is 0 Å². The second kappa shape index (κ2) is 5.23. The Morgan fingerprint density at radius 3 is 2.89 bits per heavy atom. The van der Waals surface area contributed by atoms with Gasteiger partial charge in [-0.05, 0) is 24.6 Å². The van der Waals surface area contributed by atoms with E-state index in [1.54, 1.807) is 6.20 Å². The fourth-order valence-corrected chi connectivity index (χ4v) is 2.03. The van der Waals surface area contributed by atoms with Crippen molar-refractivity contribution in [3.63, 3.8) is 0 Å². The van der Waals surface area contributed by atoms with Gasteiger partial charge in [-0.3, -0.25) is 0 Å². The van der Waals surface area contributed by atoms with Crippen molar-refractivity contribution in [2.24, 2.45) is 0 Å². The topological polar surface area (TPSA) is 55.0 Å². The van der Waals surface area contributed by atoms with Gasteiger partial charge in [0.2, 0.25) is 5.95 Å². The lowest BCUT2D eigenvalue weighted by Crippen LogP contribution is -2.19. The maximum atomic E-state index is 5.97. The average Bonchev–Trinajstić information content (AvgIpc) is 2.32. The van der Waals surface area contributed by atoms with E-state index in [2.05, 4.69) is 9.97 Å². The highest BCUT2D eigenvalue weighted by Gasteiger charge is 2.08. The molecule has 0 amide bonds. The number of nitrogens with two attached hydrogens (primary N) is 1. The van der Waals surface area contributed by atoms with Gasteiger partial charge < -0.3 is 10.6 Å². The molecule has 0 fully saturated rings. The number of anilines is 2. The van der Waals surface area contributed by atoms with Gasteiger partial charge in [0.05, 0.1) is 0 Å². The van der Waals surface area contributed by atoms with Crippen LogP contribution in [0, 0.1) is 6.92 Å². The molecule has 0 spiro atoms. The number of nitrogen functional groups attached to an aromatic ring is 1. The predicted molar refractivity (Wildman–Crippen MR) is 74.7 cm³/mol. The van der Waals surface area contributed by atoms with Crippen LogP contribution in [0.2, 0.25) is 5.02 Å². The van der Waals surface area contributed by atoms with Crippen LogP contribution in [0.5, 0.6) is 0 Å². The van der Waals surface area contributed by atoms with Gasteiger partial charge in [0.25, 0.3) is 0 Å². The molecule has 18 heavy (non-hydrogen) atoms. The predicted octanol–water partition coefficient (Wildman–Crippen LogP) is 2.66. The molecule has 0 atom stereocenters. The number of hydrogen-bond acceptors (Lipinski definition) is 4. The van der Waals surface area contributed by atoms with Crippen LogP contribution in [0.25, 0.3) is 0 Å². The minimum Gasteiger partial charge on any atom is -0.368 e. The van der Waals surface area contributed by atoms with Gasteiger partial charge in [0.1, 0.15) is 5.82 Å². The number of nitrogens with zero attached hydrogens (tertiary/aromatic N) is 3. The third kappa shape index (κ3) is 2.90. The number of benzene rings is 1. The van der Waals surface area contributed by atoms with Crippen molar-refractivity contribution in [2.45, 2.75) is 13.5 Å². The largest absolute Gasteiger partial charge is 0.368 e. The summed E-state index contributed by atoms with van der Waals surface area (Å²) in [7, 11) is 1.97. The third-order valence-corrected chi connectivity index (χ3v) is 2.87. The fourth-order valence-electron chi connectivity index (χ4n) is 1.82. The van der Waals surface area contributed by atoms with E-state index in [4.69, 9.17) is 17.3 Å². The highest BCUT2D eigenvalue weighted by molar-refractivity contribution is 6.30. The van der Waals surface area contributed by atoms with Crippen molar-refractivity contribution < 1.29 is 0 Å². The highest BCUT2D eigenvalue weighted by atomic mass is 35.5. The summed E-state index contributed by atoms with van der Waals surface area (Å²) in [6.07, 6.45) is 1.73. The van der Waals surface area contributed by atoms with E-state index < -0.39 is 0 Å². The molecule has 4 nitrogen and oxygen atoms in total. The fraction of sp³-hybridized carbons (Fsp3) is 0.231. The Balaban J connectivity index is 2.21. The summed E-state index contributed by atoms with van der Waals surface area (Å²) >= 11 is 5.97. The molecule has 0 aliphatic carbocycles. The van der Waals surface area contributed by atoms with Gasteiger partial charge in [0.15, 0.2) is 0 Å². The van der Waals surface area contributed by atoms with Crippen LogP contribution in [0.3, 0.4) is 0 Å². The summed E-state index contributed by atoms with van der Waals surface area (Å²) in [5.74, 6) is 1.12. The first-order valence-electron chi connectivity index (χ1n) is 5.61. The van der Waals surface area contributed by atoms with Crippen LogP contribution >= 0.6 is 11.6 Å². The first-order chi connectivity index (χ1) is 8.56. The SMILES string of the molecule is Cc1cnc(N)nc1N(C)Cc1cccc(Cl)c1. The van der Waals surface area contributed by atoms with Crippen molar-refractivity contribution in [3.05, 3.63) is 46.6 Å². The first-order valence-corrected chi connectivity index (χ1v) is 5.99. The molecule has 2 rings (SSSR count). The van der Waals surface area contributed by atoms with Crippen molar-refractivity contribution >= 4 is 23.4 Å². The average molecular weight is 263 g/mol. The normalized spacial score (nSPS) is 10.4. The molecule has 0 radical (unpaired) electrons. The van der Waals surface area contributed by atoms with Gasteiger partial charge in [0, 0.05) is 30.4 Å². The van der Waals surface area contributed by atoms with Crippen molar-refractivity contribution in [1.82, 2.24) is 9.97 Å². The van der Waals surface area contributed by atoms with E-state index in [0.717, 1.165) is 28.5 Å². The number of hydrogen-bond donors (Lipinski definition) is 1. The van der Waals surface area contributed by atoms with Crippen LogP contribution < -0.4 is 10.6 Å². The Hall–Kier alpha value is -1.81. The monoisotopic (exact) mass is 262 g/mol. The summed E-state index contributed by atoms with van der Waals surface area (Å²) in [5.41, 5.74) is 7.73.